The van der Waals surface area contributed by atoms with Crippen molar-refractivity contribution in [2.75, 3.05) is 0 Å². The first kappa shape index (κ1) is 10.2. The molecule has 80 valence electrons. The second-order valence-corrected chi connectivity index (χ2v) is 4.16. The SMILES string of the molecule is O=CCCc1cc2c(cc1O)CCCC2. The minimum atomic E-state index is 0.359. The predicted octanol–water partition coefficient (Wildman–Crippen LogP) is 2.40. The Morgan fingerprint density at radius 3 is 2.53 bits per heavy atom. The van der Waals surface area contributed by atoms with Crippen LogP contribution in [0, 0.1) is 0 Å². The highest BCUT2D eigenvalue weighted by molar-refractivity contribution is 5.51. The second kappa shape index (κ2) is 4.47. The molecule has 2 nitrogen and oxygen atoms in total. The quantitative estimate of drug-likeness (QED) is 0.768. The Bertz CT molecular complexity index is 369. The first-order chi connectivity index (χ1) is 7.31. The van der Waals surface area contributed by atoms with Crippen LogP contribution < -0.4 is 0 Å². The van der Waals surface area contributed by atoms with Crippen molar-refractivity contribution in [3.63, 3.8) is 0 Å². The zero-order valence-corrected chi connectivity index (χ0v) is 8.83. The number of fused-ring (bicyclic) bond motifs is 1. The van der Waals surface area contributed by atoms with Gasteiger partial charge in [-0.3, -0.25) is 0 Å². The lowest BCUT2D eigenvalue weighted by atomic mass is 9.89. The van der Waals surface area contributed by atoms with E-state index in [4.69, 9.17) is 0 Å². The fourth-order valence-corrected chi connectivity index (χ4v) is 2.24. The molecule has 0 aliphatic heterocycles. The third-order valence-electron chi connectivity index (χ3n) is 3.07. The van der Waals surface area contributed by atoms with E-state index in [0.717, 1.165) is 24.7 Å². The molecule has 2 heteroatoms. The highest BCUT2D eigenvalue weighted by Gasteiger charge is 2.12. The van der Waals surface area contributed by atoms with Crippen LogP contribution in [0.25, 0.3) is 0 Å². The van der Waals surface area contributed by atoms with Gasteiger partial charge in [0.2, 0.25) is 0 Å². The number of phenolic OH excluding ortho intramolecular Hbond substituents is 1. The summed E-state index contributed by atoms with van der Waals surface area (Å²) in [5, 5.41) is 9.78. The molecule has 0 unspecified atom stereocenters. The molecule has 1 aliphatic carbocycles. The van der Waals surface area contributed by atoms with Crippen LogP contribution in [0.4, 0.5) is 0 Å². The second-order valence-electron chi connectivity index (χ2n) is 4.16. The molecule has 0 heterocycles. The van der Waals surface area contributed by atoms with E-state index in [1.54, 1.807) is 0 Å². The topological polar surface area (TPSA) is 37.3 Å². The van der Waals surface area contributed by atoms with Crippen LogP contribution in [0.3, 0.4) is 0 Å². The van der Waals surface area contributed by atoms with E-state index in [9.17, 15) is 9.90 Å². The number of benzene rings is 1. The molecule has 2 rings (SSSR count). The monoisotopic (exact) mass is 204 g/mol. The molecule has 0 bridgehead atoms. The zero-order chi connectivity index (χ0) is 10.7. The van der Waals surface area contributed by atoms with E-state index in [0.29, 0.717) is 18.6 Å². The highest BCUT2D eigenvalue weighted by Crippen LogP contribution is 2.28. The maximum Gasteiger partial charge on any atom is 0.120 e. The molecule has 1 aromatic carbocycles. The molecule has 0 saturated carbocycles. The summed E-state index contributed by atoms with van der Waals surface area (Å²) in [6.45, 7) is 0. The Labute approximate surface area is 89.9 Å². The van der Waals surface area contributed by atoms with Gasteiger partial charge in [-0.25, -0.2) is 0 Å². The Hall–Kier alpha value is -1.31. The first-order valence-electron chi connectivity index (χ1n) is 5.58. The summed E-state index contributed by atoms with van der Waals surface area (Å²) >= 11 is 0. The number of aromatic hydroxyl groups is 1. The molecule has 0 atom stereocenters. The third-order valence-corrected chi connectivity index (χ3v) is 3.07. The molecule has 0 fully saturated rings. The van der Waals surface area contributed by atoms with Crippen LogP contribution in [0.5, 0.6) is 5.75 Å². The fraction of sp³-hybridized carbons (Fsp3) is 0.462. The van der Waals surface area contributed by atoms with E-state index < -0.39 is 0 Å². The largest absolute Gasteiger partial charge is 0.508 e. The Morgan fingerprint density at radius 2 is 1.87 bits per heavy atom. The summed E-state index contributed by atoms with van der Waals surface area (Å²) in [5.74, 6) is 0.359. The van der Waals surface area contributed by atoms with Crippen molar-refractivity contribution in [1.29, 1.82) is 0 Å². The summed E-state index contributed by atoms with van der Waals surface area (Å²) in [4.78, 5) is 10.3. The minimum Gasteiger partial charge on any atom is -0.508 e. The Morgan fingerprint density at radius 1 is 1.20 bits per heavy atom. The number of rotatable bonds is 3. The average molecular weight is 204 g/mol. The first-order valence-corrected chi connectivity index (χ1v) is 5.58. The maximum atomic E-state index is 10.3. The van der Waals surface area contributed by atoms with Gasteiger partial charge in [-0.15, -0.1) is 0 Å². The van der Waals surface area contributed by atoms with Gasteiger partial charge >= 0.3 is 0 Å². The number of aryl methyl sites for hydroxylation is 3. The van der Waals surface area contributed by atoms with Crippen LogP contribution >= 0.6 is 0 Å². The molecular weight excluding hydrogens is 188 g/mol. The van der Waals surface area contributed by atoms with Gasteiger partial charge < -0.3 is 9.90 Å². The Kier molecular flexibility index (Phi) is 3.05. The third kappa shape index (κ3) is 2.20. The molecule has 15 heavy (non-hydrogen) atoms. The van der Waals surface area contributed by atoms with Gasteiger partial charge in [-0.2, -0.15) is 0 Å². The van der Waals surface area contributed by atoms with E-state index in [2.05, 4.69) is 6.07 Å². The van der Waals surface area contributed by atoms with Crippen LogP contribution in [0.15, 0.2) is 12.1 Å². The summed E-state index contributed by atoms with van der Waals surface area (Å²) in [6.07, 6.45) is 6.71. The van der Waals surface area contributed by atoms with Crippen molar-refractivity contribution >= 4 is 6.29 Å². The van der Waals surface area contributed by atoms with Crippen LogP contribution in [0.2, 0.25) is 0 Å². The highest BCUT2D eigenvalue weighted by atomic mass is 16.3. The summed E-state index contributed by atoms with van der Waals surface area (Å²) in [6, 6.07) is 3.96. The van der Waals surface area contributed by atoms with Gasteiger partial charge in [0.05, 0.1) is 0 Å². The number of phenols is 1. The van der Waals surface area contributed by atoms with Crippen LogP contribution in [0.1, 0.15) is 36.0 Å². The lowest BCUT2D eigenvalue weighted by molar-refractivity contribution is -0.107. The van der Waals surface area contributed by atoms with Gasteiger partial charge in [-0.05, 0) is 54.9 Å². The van der Waals surface area contributed by atoms with E-state index in [1.807, 2.05) is 6.07 Å². The number of hydrogen-bond acceptors (Lipinski definition) is 2. The molecule has 0 saturated heterocycles. The molecule has 0 aromatic heterocycles. The van der Waals surface area contributed by atoms with Gasteiger partial charge in [0.1, 0.15) is 12.0 Å². The molecule has 1 aromatic rings. The lowest BCUT2D eigenvalue weighted by Crippen LogP contribution is -2.03. The molecule has 0 spiro atoms. The fourth-order valence-electron chi connectivity index (χ4n) is 2.24. The van der Waals surface area contributed by atoms with Crippen molar-refractivity contribution in [2.45, 2.75) is 38.5 Å². The van der Waals surface area contributed by atoms with E-state index in [1.165, 1.54) is 24.0 Å². The van der Waals surface area contributed by atoms with E-state index in [-0.39, 0.29) is 0 Å². The molecular formula is C13H16O2. The smallest absolute Gasteiger partial charge is 0.120 e. The van der Waals surface area contributed by atoms with Gasteiger partial charge in [-0.1, -0.05) is 6.07 Å². The molecule has 0 radical (unpaired) electrons. The number of hydrogen-bond donors (Lipinski definition) is 1. The van der Waals surface area contributed by atoms with Crippen molar-refractivity contribution < 1.29 is 9.90 Å². The van der Waals surface area contributed by atoms with Crippen LogP contribution in [-0.2, 0) is 24.1 Å². The van der Waals surface area contributed by atoms with Crippen LogP contribution in [-0.4, -0.2) is 11.4 Å². The number of aldehydes is 1. The zero-order valence-electron chi connectivity index (χ0n) is 8.83. The molecule has 1 aliphatic rings. The standard InChI is InChI=1S/C13H16O2/c14-7-3-6-12-8-10-4-1-2-5-11(10)9-13(12)15/h7-9,15H,1-6H2. The predicted molar refractivity (Wildman–Crippen MR) is 59.1 cm³/mol. The minimum absolute atomic E-state index is 0.359. The normalized spacial score (nSPS) is 14.7. The van der Waals surface area contributed by atoms with Gasteiger partial charge in [0.25, 0.3) is 0 Å². The summed E-state index contributed by atoms with van der Waals surface area (Å²) in [7, 11) is 0. The van der Waals surface area contributed by atoms with Crippen molar-refractivity contribution in [1.82, 2.24) is 0 Å². The number of carbonyl (C=O) groups is 1. The summed E-state index contributed by atoms with van der Waals surface area (Å²) in [5.41, 5.74) is 3.57. The average Bonchev–Trinajstić information content (AvgIpc) is 2.26. The van der Waals surface area contributed by atoms with Crippen molar-refractivity contribution in [3.8, 4) is 5.75 Å². The molecule has 0 amide bonds. The van der Waals surface area contributed by atoms with Gasteiger partial charge in [0, 0.05) is 6.42 Å². The Balaban J connectivity index is 2.27. The van der Waals surface area contributed by atoms with E-state index >= 15 is 0 Å². The summed E-state index contributed by atoms with van der Waals surface area (Å²) < 4.78 is 0. The molecule has 1 N–H and O–H groups in total. The van der Waals surface area contributed by atoms with Crippen molar-refractivity contribution in [2.24, 2.45) is 0 Å². The lowest BCUT2D eigenvalue weighted by Gasteiger charge is -2.17. The number of carbonyl (C=O) groups excluding carboxylic acids is 1. The van der Waals surface area contributed by atoms with Crippen molar-refractivity contribution in [3.05, 3.63) is 28.8 Å². The van der Waals surface area contributed by atoms with Gasteiger partial charge in [0.15, 0.2) is 0 Å². The maximum absolute atomic E-state index is 10.3.